The molecular formula is C16H21BrFN3. The molecule has 0 spiro atoms. The number of nitrogens with zero attached hydrogens (tertiary/aromatic N) is 2. The fraction of sp³-hybridized carbons (Fsp3) is 0.438. The number of aryl methyl sites for hydroxylation is 1. The van der Waals surface area contributed by atoms with Crippen LogP contribution in [-0.4, -0.2) is 16.3 Å². The molecule has 0 aliphatic rings. The Morgan fingerprint density at radius 1 is 1.38 bits per heavy atom. The lowest BCUT2D eigenvalue weighted by molar-refractivity contribution is 0.523. The van der Waals surface area contributed by atoms with Crippen LogP contribution in [0.15, 0.2) is 22.7 Å². The van der Waals surface area contributed by atoms with Crippen LogP contribution in [0.1, 0.15) is 43.3 Å². The van der Waals surface area contributed by atoms with Crippen LogP contribution >= 0.6 is 15.9 Å². The van der Waals surface area contributed by atoms with Crippen LogP contribution in [0.5, 0.6) is 0 Å². The average molecular weight is 354 g/mol. The third-order valence-corrected chi connectivity index (χ3v) is 4.74. The lowest BCUT2D eigenvalue weighted by atomic mass is 10.0. The summed E-state index contributed by atoms with van der Waals surface area (Å²) in [4.78, 5) is 0. The topological polar surface area (TPSA) is 29.9 Å². The zero-order valence-corrected chi connectivity index (χ0v) is 14.5. The van der Waals surface area contributed by atoms with Gasteiger partial charge in [-0.25, -0.2) is 9.07 Å². The number of rotatable bonds is 5. The van der Waals surface area contributed by atoms with Gasteiger partial charge in [0.05, 0.1) is 21.5 Å². The summed E-state index contributed by atoms with van der Waals surface area (Å²) >= 11 is 3.53. The van der Waals surface area contributed by atoms with Gasteiger partial charge in [0.15, 0.2) is 0 Å². The van der Waals surface area contributed by atoms with Crippen molar-refractivity contribution < 1.29 is 4.39 Å². The first-order valence-electron chi connectivity index (χ1n) is 7.21. The first-order chi connectivity index (χ1) is 9.97. The lowest BCUT2D eigenvalue weighted by Gasteiger charge is -2.19. The summed E-state index contributed by atoms with van der Waals surface area (Å²) < 4.78 is 17.1. The minimum atomic E-state index is -0.202. The van der Waals surface area contributed by atoms with Crippen LogP contribution in [0.2, 0.25) is 0 Å². The van der Waals surface area contributed by atoms with E-state index in [1.54, 1.807) is 6.07 Å². The third-order valence-electron chi connectivity index (χ3n) is 3.59. The van der Waals surface area contributed by atoms with Gasteiger partial charge in [-0.15, -0.1) is 0 Å². The number of nitrogens with one attached hydrogen (secondary N) is 1. The molecule has 1 atom stereocenters. The van der Waals surface area contributed by atoms with E-state index in [1.165, 1.54) is 6.07 Å². The maximum Gasteiger partial charge on any atom is 0.130 e. The molecule has 1 aromatic carbocycles. The van der Waals surface area contributed by atoms with Crippen LogP contribution in [0.4, 0.5) is 4.39 Å². The number of hydrogen-bond donors (Lipinski definition) is 1. The third kappa shape index (κ3) is 3.19. The molecule has 0 saturated heterocycles. The molecule has 2 rings (SSSR count). The maximum atomic E-state index is 14.4. The first-order valence-corrected chi connectivity index (χ1v) is 8.00. The Bertz CT molecular complexity index is 637. The van der Waals surface area contributed by atoms with Gasteiger partial charge in [-0.2, -0.15) is 5.10 Å². The van der Waals surface area contributed by atoms with Gasteiger partial charge in [0.2, 0.25) is 0 Å². The van der Waals surface area contributed by atoms with Crippen molar-refractivity contribution in [3.05, 3.63) is 45.4 Å². The van der Waals surface area contributed by atoms with Crippen LogP contribution in [0.25, 0.3) is 5.69 Å². The monoisotopic (exact) mass is 353 g/mol. The molecule has 0 amide bonds. The Labute approximate surface area is 133 Å². The second-order valence-corrected chi connectivity index (χ2v) is 6.04. The van der Waals surface area contributed by atoms with E-state index in [4.69, 9.17) is 0 Å². The fourth-order valence-electron chi connectivity index (χ4n) is 2.46. The molecule has 0 radical (unpaired) electrons. The van der Waals surface area contributed by atoms with Gasteiger partial charge < -0.3 is 5.32 Å². The molecule has 1 N–H and O–H groups in total. The number of halogens is 2. The molecule has 21 heavy (non-hydrogen) atoms. The van der Waals surface area contributed by atoms with Gasteiger partial charge in [0.25, 0.3) is 0 Å². The summed E-state index contributed by atoms with van der Waals surface area (Å²) in [5.41, 5.74) is 3.32. The molecule has 1 heterocycles. The van der Waals surface area contributed by atoms with Crippen molar-refractivity contribution in [2.75, 3.05) is 6.54 Å². The van der Waals surface area contributed by atoms with E-state index in [0.717, 1.165) is 34.5 Å². The van der Waals surface area contributed by atoms with Crippen LogP contribution in [-0.2, 0) is 0 Å². The van der Waals surface area contributed by atoms with Crippen LogP contribution < -0.4 is 5.32 Å². The molecule has 0 fully saturated rings. The van der Waals surface area contributed by atoms with Crippen molar-refractivity contribution in [3.8, 4) is 5.69 Å². The molecule has 0 aliphatic heterocycles. The second kappa shape index (κ2) is 6.71. The maximum absolute atomic E-state index is 14.4. The van der Waals surface area contributed by atoms with Gasteiger partial charge in [-0.05, 0) is 61.8 Å². The molecule has 3 nitrogen and oxygen atoms in total. The average Bonchev–Trinajstić information content (AvgIpc) is 2.72. The number of benzene rings is 1. The fourth-order valence-corrected chi connectivity index (χ4v) is 2.71. The Kier molecular flexibility index (Phi) is 5.17. The van der Waals surface area contributed by atoms with Crippen molar-refractivity contribution >= 4 is 15.9 Å². The summed E-state index contributed by atoms with van der Waals surface area (Å²) in [7, 11) is 0. The summed E-state index contributed by atoms with van der Waals surface area (Å²) in [6.07, 6.45) is 1.01. The Morgan fingerprint density at radius 2 is 2.10 bits per heavy atom. The van der Waals surface area contributed by atoms with E-state index in [0.29, 0.717) is 5.56 Å². The molecule has 2 aromatic rings. The number of aromatic nitrogens is 2. The normalized spacial score (nSPS) is 12.7. The highest BCUT2D eigenvalue weighted by atomic mass is 79.9. The Morgan fingerprint density at radius 3 is 2.67 bits per heavy atom. The predicted octanol–water partition coefficient (Wildman–Crippen LogP) is 4.45. The summed E-state index contributed by atoms with van der Waals surface area (Å²) in [6, 6.07) is 5.08. The molecule has 0 aliphatic carbocycles. The van der Waals surface area contributed by atoms with Gasteiger partial charge in [-0.3, -0.25) is 0 Å². The zero-order chi connectivity index (χ0) is 15.6. The smallest absolute Gasteiger partial charge is 0.130 e. The standard InChI is InChI=1S/C16H21BrFN3/c1-5-9-19-10(2)15-13(18)7-6-8-14(15)21-12(4)16(17)11(3)20-21/h6-8,10,19H,5,9H2,1-4H3. The summed E-state index contributed by atoms with van der Waals surface area (Å²) in [5, 5.41) is 7.87. The Hall–Kier alpha value is -1.20. The van der Waals surface area contributed by atoms with Crippen molar-refractivity contribution in [2.45, 2.75) is 40.2 Å². The lowest BCUT2D eigenvalue weighted by Crippen LogP contribution is -2.22. The largest absolute Gasteiger partial charge is 0.310 e. The van der Waals surface area contributed by atoms with Crippen molar-refractivity contribution in [1.82, 2.24) is 15.1 Å². The number of hydrogen-bond acceptors (Lipinski definition) is 2. The second-order valence-electron chi connectivity index (χ2n) is 5.25. The summed E-state index contributed by atoms with van der Waals surface area (Å²) in [6.45, 7) is 8.85. The van der Waals surface area contributed by atoms with E-state index in [-0.39, 0.29) is 11.9 Å². The highest BCUT2D eigenvalue weighted by Gasteiger charge is 2.19. The summed E-state index contributed by atoms with van der Waals surface area (Å²) in [5.74, 6) is -0.202. The zero-order valence-electron chi connectivity index (χ0n) is 12.9. The van der Waals surface area contributed by atoms with Gasteiger partial charge in [0, 0.05) is 11.6 Å². The van der Waals surface area contributed by atoms with Crippen molar-refractivity contribution in [3.63, 3.8) is 0 Å². The minimum Gasteiger partial charge on any atom is -0.310 e. The molecule has 5 heteroatoms. The van der Waals surface area contributed by atoms with E-state index >= 15 is 0 Å². The minimum absolute atomic E-state index is 0.0659. The molecule has 0 saturated carbocycles. The molecule has 1 unspecified atom stereocenters. The highest BCUT2D eigenvalue weighted by Crippen LogP contribution is 2.29. The van der Waals surface area contributed by atoms with E-state index < -0.39 is 0 Å². The van der Waals surface area contributed by atoms with Crippen molar-refractivity contribution in [1.29, 1.82) is 0 Å². The molecule has 1 aromatic heterocycles. The van der Waals surface area contributed by atoms with Gasteiger partial charge >= 0.3 is 0 Å². The molecular weight excluding hydrogens is 333 g/mol. The molecule has 114 valence electrons. The van der Waals surface area contributed by atoms with E-state index in [1.807, 2.05) is 31.5 Å². The quantitative estimate of drug-likeness (QED) is 0.860. The van der Waals surface area contributed by atoms with Crippen LogP contribution in [0, 0.1) is 19.7 Å². The SMILES string of the molecule is CCCNC(C)c1c(F)cccc1-n1nc(C)c(Br)c1C. The Balaban J connectivity index is 2.53. The molecule has 0 bridgehead atoms. The van der Waals surface area contributed by atoms with E-state index in [2.05, 4.69) is 33.3 Å². The van der Waals surface area contributed by atoms with Gasteiger partial charge in [-0.1, -0.05) is 13.0 Å². The highest BCUT2D eigenvalue weighted by molar-refractivity contribution is 9.10. The first kappa shape index (κ1) is 16.2. The van der Waals surface area contributed by atoms with Crippen LogP contribution in [0.3, 0.4) is 0 Å². The van der Waals surface area contributed by atoms with Crippen molar-refractivity contribution in [2.24, 2.45) is 0 Å². The predicted molar refractivity (Wildman–Crippen MR) is 87.4 cm³/mol. The van der Waals surface area contributed by atoms with Gasteiger partial charge in [0.1, 0.15) is 5.82 Å². The van der Waals surface area contributed by atoms with E-state index in [9.17, 15) is 4.39 Å².